The lowest BCUT2D eigenvalue weighted by Gasteiger charge is -2.25. The maximum atomic E-state index is 12.1. The molecule has 0 unspecified atom stereocenters. The molecule has 1 aromatic carbocycles. The Morgan fingerprint density at radius 1 is 1.41 bits per heavy atom. The summed E-state index contributed by atoms with van der Waals surface area (Å²) in [6.45, 7) is 2.39. The van der Waals surface area contributed by atoms with E-state index in [4.69, 9.17) is 0 Å². The summed E-state index contributed by atoms with van der Waals surface area (Å²) in [5.41, 5.74) is 1.53. The van der Waals surface area contributed by atoms with Crippen LogP contribution in [0.1, 0.15) is 28.8 Å². The zero-order chi connectivity index (χ0) is 12.4. The quantitative estimate of drug-likeness (QED) is 0.739. The molecule has 1 aromatic rings. The molecule has 1 saturated heterocycles. The maximum Gasteiger partial charge on any atom is 0.254 e. The fraction of sp³-hybridized carbons (Fsp3) is 0.385. The second kappa shape index (κ2) is 4.57. The van der Waals surface area contributed by atoms with Crippen LogP contribution in [0.25, 0.3) is 0 Å². The average molecular weight is 232 g/mol. The minimum absolute atomic E-state index is 0.222. The van der Waals surface area contributed by atoms with Gasteiger partial charge in [0.05, 0.1) is 12.0 Å². The monoisotopic (exact) mass is 232 g/mol. The third-order valence-corrected chi connectivity index (χ3v) is 3.05. The molecule has 0 radical (unpaired) electrons. The predicted molar refractivity (Wildman–Crippen MR) is 60.2 cm³/mol. The van der Waals surface area contributed by atoms with Gasteiger partial charge in [-0.25, -0.2) is 0 Å². The lowest BCUT2D eigenvalue weighted by Crippen LogP contribution is -2.47. The number of rotatable bonds is 2. The van der Waals surface area contributed by atoms with Gasteiger partial charge in [0.15, 0.2) is 0 Å². The van der Waals surface area contributed by atoms with E-state index >= 15 is 0 Å². The van der Waals surface area contributed by atoms with Gasteiger partial charge in [-0.1, -0.05) is 17.7 Å². The van der Waals surface area contributed by atoms with Crippen LogP contribution < -0.4 is 5.11 Å². The van der Waals surface area contributed by atoms with Crippen molar-refractivity contribution < 1.29 is 14.7 Å². The molecule has 0 aromatic heterocycles. The Bertz CT molecular complexity index is 456. The molecule has 0 aliphatic carbocycles. The Balaban J connectivity index is 2.23. The van der Waals surface area contributed by atoms with E-state index in [2.05, 4.69) is 0 Å². The summed E-state index contributed by atoms with van der Waals surface area (Å²) in [6, 6.07) is 6.40. The molecule has 0 bridgehead atoms. The summed E-state index contributed by atoms with van der Waals surface area (Å²) in [4.78, 5) is 24.5. The van der Waals surface area contributed by atoms with Gasteiger partial charge in [0, 0.05) is 12.1 Å². The summed E-state index contributed by atoms with van der Waals surface area (Å²) in [5, 5.41) is 10.9. The molecular formula is C13H14NO3-. The number of amides is 1. The van der Waals surface area contributed by atoms with Gasteiger partial charge in [0.25, 0.3) is 5.91 Å². The molecule has 1 aliphatic rings. The van der Waals surface area contributed by atoms with Gasteiger partial charge in [0.1, 0.15) is 0 Å². The first-order valence-corrected chi connectivity index (χ1v) is 5.68. The molecule has 1 fully saturated rings. The number of carbonyl (C=O) groups is 2. The van der Waals surface area contributed by atoms with Gasteiger partial charge in [0.2, 0.25) is 0 Å². The average Bonchev–Trinajstić information content (AvgIpc) is 2.77. The topological polar surface area (TPSA) is 60.4 Å². The highest BCUT2D eigenvalue weighted by atomic mass is 16.4. The number of aryl methyl sites for hydroxylation is 1. The highest BCUT2D eigenvalue weighted by Gasteiger charge is 2.30. The van der Waals surface area contributed by atoms with Crippen LogP contribution in [0, 0.1) is 6.92 Å². The van der Waals surface area contributed by atoms with Crippen molar-refractivity contribution in [2.45, 2.75) is 25.8 Å². The SMILES string of the molecule is Cc1cccc(C(=O)N2CCC[C@H]2C(=O)[O-])c1. The highest BCUT2D eigenvalue weighted by Crippen LogP contribution is 2.20. The van der Waals surface area contributed by atoms with Crippen molar-refractivity contribution in [1.82, 2.24) is 4.90 Å². The predicted octanol–water partition coefficient (Wildman–Crippen LogP) is 0.350. The number of hydrogen-bond acceptors (Lipinski definition) is 3. The third kappa shape index (κ3) is 2.30. The van der Waals surface area contributed by atoms with Crippen LogP contribution in [0.4, 0.5) is 0 Å². The van der Waals surface area contributed by atoms with Gasteiger partial charge in [-0.15, -0.1) is 0 Å². The Morgan fingerprint density at radius 2 is 2.18 bits per heavy atom. The van der Waals surface area contributed by atoms with Crippen LogP contribution in [0.3, 0.4) is 0 Å². The summed E-state index contributed by atoms with van der Waals surface area (Å²) in [7, 11) is 0. The number of aliphatic carboxylic acids is 1. The van der Waals surface area contributed by atoms with E-state index in [9.17, 15) is 14.7 Å². The summed E-state index contributed by atoms with van der Waals surface area (Å²) < 4.78 is 0. The normalized spacial score (nSPS) is 19.4. The fourth-order valence-corrected chi connectivity index (χ4v) is 2.20. The molecule has 1 aliphatic heterocycles. The van der Waals surface area contributed by atoms with Gasteiger partial charge < -0.3 is 14.8 Å². The van der Waals surface area contributed by atoms with E-state index in [1.807, 2.05) is 13.0 Å². The van der Waals surface area contributed by atoms with Crippen LogP contribution in [-0.2, 0) is 4.79 Å². The van der Waals surface area contributed by atoms with Crippen LogP contribution in [0.2, 0.25) is 0 Å². The number of benzene rings is 1. The molecule has 2 rings (SSSR count). The largest absolute Gasteiger partial charge is 0.548 e. The molecular weight excluding hydrogens is 218 g/mol. The molecule has 90 valence electrons. The third-order valence-electron chi connectivity index (χ3n) is 3.05. The first kappa shape index (κ1) is 11.6. The number of likely N-dealkylation sites (tertiary alicyclic amines) is 1. The molecule has 4 heteroatoms. The number of hydrogen-bond donors (Lipinski definition) is 0. The molecule has 0 N–H and O–H groups in total. The van der Waals surface area contributed by atoms with Crippen LogP contribution in [0.15, 0.2) is 24.3 Å². The Kier molecular flexibility index (Phi) is 3.13. The molecule has 17 heavy (non-hydrogen) atoms. The van der Waals surface area contributed by atoms with Crippen molar-refractivity contribution >= 4 is 11.9 Å². The van der Waals surface area contributed by atoms with Gasteiger partial charge in [-0.05, 0) is 31.9 Å². The number of carbonyl (C=O) groups excluding carboxylic acids is 2. The van der Waals surface area contributed by atoms with Crippen molar-refractivity contribution in [3.8, 4) is 0 Å². The molecule has 1 amide bonds. The molecule has 1 atom stereocenters. The Morgan fingerprint density at radius 3 is 2.82 bits per heavy atom. The van der Waals surface area contributed by atoms with E-state index < -0.39 is 12.0 Å². The van der Waals surface area contributed by atoms with E-state index in [0.29, 0.717) is 18.5 Å². The molecule has 0 saturated carbocycles. The fourth-order valence-electron chi connectivity index (χ4n) is 2.20. The highest BCUT2D eigenvalue weighted by molar-refractivity contribution is 5.96. The van der Waals surface area contributed by atoms with Crippen molar-refractivity contribution in [3.05, 3.63) is 35.4 Å². The van der Waals surface area contributed by atoms with Crippen molar-refractivity contribution in [2.75, 3.05) is 6.54 Å². The first-order valence-electron chi connectivity index (χ1n) is 5.68. The Labute approximate surface area is 99.9 Å². The van der Waals surface area contributed by atoms with Crippen LogP contribution in [0.5, 0.6) is 0 Å². The Hall–Kier alpha value is -1.84. The molecule has 1 heterocycles. The van der Waals surface area contributed by atoms with Crippen LogP contribution in [-0.4, -0.2) is 29.4 Å². The van der Waals surface area contributed by atoms with Crippen molar-refractivity contribution in [1.29, 1.82) is 0 Å². The van der Waals surface area contributed by atoms with Gasteiger partial charge in [-0.3, -0.25) is 4.79 Å². The van der Waals surface area contributed by atoms with E-state index in [0.717, 1.165) is 12.0 Å². The smallest absolute Gasteiger partial charge is 0.254 e. The van der Waals surface area contributed by atoms with E-state index in [1.165, 1.54) is 4.90 Å². The zero-order valence-electron chi connectivity index (χ0n) is 9.68. The van der Waals surface area contributed by atoms with Crippen molar-refractivity contribution in [3.63, 3.8) is 0 Å². The number of carboxylic acid groups (broad SMARTS) is 1. The number of nitrogens with zero attached hydrogens (tertiary/aromatic N) is 1. The van der Waals surface area contributed by atoms with E-state index in [-0.39, 0.29) is 5.91 Å². The summed E-state index contributed by atoms with van der Waals surface area (Å²) in [5.74, 6) is -1.39. The standard InChI is InChI=1S/C13H15NO3/c1-9-4-2-5-10(8-9)12(15)14-7-3-6-11(14)13(16)17/h2,4-5,8,11H,3,6-7H2,1H3,(H,16,17)/p-1/t11-/m0/s1. The second-order valence-corrected chi connectivity index (χ2v) is 4.35. The van der Waals surface area contributed by atoms with Gasteiger partial charge >= 0.3 is 0 Å². The first-order chi connectivity index (χ1) is 8.09. The summed E-state index contributed by atoms with van der Waals surface area (Å²) in [6.07, 6.45) is 1.20. The molecule has 4 nitrogen and oxygen atoms in total. The number of carboxylic acids is 1. The second-order valence-electron chi connectivity index (χ2n) is 4.35. The molecule has 0 spiro atoms. The van der Waals surface area contributed by atoms with Gasteiger partial charge in [-0.2, -0.15) is 0 Å². The maximum absolute atomic E-state index is 12.1. The lowest BCUT2D eigenvalue weighted by atomic mass is 10.1. The zero-order valence-corrected chi connectivity index (χ0v) is 9.68. The minimum atomic E-state index is -1.16. The minimum Gasteiger partial charge on any atom is -0.548 e. The van der Waals surface area contributed by atoms with Crippen LogP contribution >= 0.6 is 0 Å². The lowest BCUT2D eigenvalue weighted by molar-refractivity contribution is -0.310. The summed E-state index contributed by atoms with van der Waals surface area (Å²) >= 11 is 0. The van der Waals surface area contributed by atoms with Crippen molar-refractivity contribution in [2.24, 2.45) is 0 Å². The van der Waals surface area contributed by atoms with E-state index in [1.54, 1.807) is 18.2 Å².